The molecule has 0 bridgehead atoms. The highest BCUT2D eigenvalue weighted by atomic mass is 16.2. The Labute approximate surface area is 134 Å². The third kappa shape index (κ3) is 2.81. The van der Waals surface area contributed by atoms with E-state index in [0.717, 1.165) is 22.3 Å². The molecule has 5 nitrogen and oxygen atoms in total. The molecule has 3 rings (SSSR count). The van der Waals surface area contributed by atoms with Gasteiger partial charge in [0.25, 0.3) is 0 Å². The van der Waals surface area contributed by atoms with Crippen LogP contribution in [-0.4, -0.2) is 18.1 Å². The molecule has 0 radical (unpaired) electrons. The van der Waals surface area contributed by atoms with Gasteiger partial charge in [-0.25, -0.2) is 4.79 Å². The Bertz CT molecular complexity index is 862. The summed E-state index contributed by atoms with van der Waals surface area (Å²) in [6.07, 6.45) is 1.74. The van der Waals surface area contributed by atoms with Crippen molar-refractivity contribution < 1.29 is 4.79 Å². The Hall–Kier alpha value is -3.08. The number of aryl methyl sites for hydroxylation is 1. The molecule has 0 saturated heterocycles. The summed E-state index contributed by atoms with van der Waals surface area (Å²) in [5, 5.41) is 3.74. The molecule has 2 aromatic carbocycles. The fourth-order valence-electron chi connectivity index (χ4n) is 2.61. The summed E-state index contributed by atoms with van der Waals surface area (Å²) in [6, 6.07) is 14.7. The van der Waals surface area contributed by atoms with Crippen molar-refractivity contribution in [2.24, 2.45) is 0 Å². The molecule has 3 N–H and O–H groups in total. The average Bonchev–Trinajstić information content (AvgIpc) is 2.55. The molecule has 0 aliphatic rings. The van der Waals surface area contributed by atoms with Gasteiger partial charge in [-0.15, -0.1) is 0 Å². The SMILES string of the molecule is Cc1cnc2c(N)cccc2c1N(C)C(=O)Nc1ccccc1. The highest BCUT2D eigenvalue weighted by Gasteiger charge is 2.17. The molecule has 0 spiro atoms. The van der Waals surface area contributed by atoms with Gasteiger partial charge in [-0.2, -0.15) is 0 Å². The van der Waals surface area contributed by atoms with Crippen molar-refractivity contribution in [3.05, 3.63) is 60.3 Å². The smallest absolute Gasteiger partial charge is 0.326 e. The summed E-state index contributed by atoms with van der Waals surface area (Å²) in [5.74, 6) is 0. The molecule has 1 aromatic heterocycles. The van der Waals surface area contributed by atoms with Crippen LogP contribution in [-0.2, 0) is 0 Å². The van der Waals surface area contributed by atoms with Crippen LogP contribution in [0.25, 0.3) is 10.9 Å². The molecule has 0 unspecified atom stereocenters. The van der Waals surface area contributed by atoms with Gasteiger partial charge in [0, 0.05) is 24.3 Å². The fourth-order valence-corrected chi connectivity index (χ4v) is 2.61. The van der Waals surface area contributed by atoms with Crippen molar-refractivity contribution in [2.75, 3.05) is 23.0 Å². The maximum absolute atomic E-state index is 12.6. The summed E-state index contributed by atoms with van der Waals surface area (Å²) in [7, 11) is 1.74. The Morgan fingerprint density at radius 3 is 2.61 bits per heavy atom. The standard InChI is InChI=1S/C18H18N4O/c1-12-11-20-16-14(9-6-10-15(16)19)17(12)22(2)18(23)21-13-7-4-3-5-8-13/h3-11H,19H2,1-2H3,(H,21,23). The van der Waals surface area contributed by atoms with Gasteiger partial charge in [-0.05, 0) is 30.7 Å². The number of fused-ring (bicyclic) bond motifs is 1. The molecule has 23 heavy (non-hydrogen) atoms. The maximum atomic E-state index is 12.6. The number of benzene rings is 2. The van der Waals surface area contributed by atoms with Crippen molar-refractivity contribution in [2.45, 2.75) is 6.92 Å². The number of rotatable bonds is 2. The summed E-state index contributed by atoms with van der Waals surface area (Å²) in [6.45, 7) is 1.93. The summed E-state index contributed by atoms with van der Waals surface area (Å²) in [4.78, 5) is 18.5. The zero-order valence-electron chi connectivity index (χ0n) is 13.1. The van der Waals surface area contributed by atoms with Gasteiger partial charge in [0.2, 0.25) is 0 Å². The van der Waals surface area contributed by atoms with E-state index in [9.17, 15) is 4.79 Å². The van der Waals surface area contributed by atoms with Crippen LogP contribution in [0.4, 0.5) is 21.9 Å². The topological polar surface area (TPSA) is 71.2 Å². The highest BCUT2D eigenvalue weighted by Crippen LogP contribution is 2.31. The van der Waals surface area contributed by atoms with E-state index in [0.29, 0.717) is 11.2 Å². The summed E-state index contributed by atoms with van der Waals surface area (Å²) < 4.78 is 0. The second kappa shape index (κ2) is 5.96. The minimum atomic E-state index is -0.214. The van der Waals surface area contributed by atoms with Gasteiger partial charge < -0.3 is 11.1 Å². The number of hydrogen-bond donors (Lipinski definition) is 2. The number of urea groups is 1. The van der Waals surface area contributed by atoms with Crippen LogP contribution >= 0.6 is 0 Å². The Morgan fingerprint density at radius 1 is 1.13 bits per heavy atom. The Kier molecular flexibility index (Phi) is 3.85. The zero-order valence-corrected chi connectivity index (χ0v) is 13.1. The van der Waals surface area contributed by atoms with Crippen LogP contribution in [0.2, 0.25) is 0 Å². The van der Waals surface area contributed by atoms with Gasteiger partial charge in [-0.3, -0.25) is 9.88 Å². The zero-order chi connectivity index (χ0) is 16.4. The first-order valence-electron chi connectivity index (χ1n) is 7.31. The second-order valence-electron chi connectivity index (χ2n) is 5.39. The van der Waals surface area contributed by atoms with Gasteiger partial charge >= 0.3 is 6.03 Å². The van der Waals surface area contributed by atoms with Gasteiger partial charge in [0.1, 0.15) is 0 Å². The minimum Gasteiger partial charge on any atom is -0.397 e. The molecule has 0 atom stereocenters. The van der Waals surface area contributed by atoms with Crippen LogP contribution in [0.3, 0.4) is 0 Å². The average molecular weight is 306 g/mol. The van der Waals surface area contributed by atoms with Crippen LogP contribution in [0.15, 0.2) is 54.7 Å². The first-order valence-corrected chi connectivity index (χ1v) is 7.31. The van der Waals surface area contributed by atoms with Gasteiger partial charge in [-0.1, -0.05) is 30.3 Å². The van der Waals surface area contributed by atoms with E-state index in [1.54, 1.807) is 24.2 Å². The largest absolute Gasteiger partial charge is 0.397 e. The molecule has 116 valence electrons. The molecular formula is C18H18N4O. The lowest BCUT2D eigenvalue weighted by atomic mass is 10.1. The predicted molar refractivity (Wildman–Crippen MR) is 94.8 cm³/mol. The lowest BCUT2D eigenvalue weighted by Crippen LogP contribution is -2.32. The predicted octanol–water partition coefficient (Wildman–Crippen LogP) is 3.79. The number of para-hydroxylation sites is 2. The summed E-state index contributed by atoms with van der Waals surface area (Å²) >= 11 is 0. The fraction of sp³-hybridized carbons (Fsp3) is 0.111. The number of anilines is 3. The van der Waals surface area contributed by atoms with E-state index < -0.39 is 0 Å². The number of aromatic nitrogens is 1. The van der Waals surface area contributed by atoms with Crippen molar-refractivity contribution in [1.82, 2.24) is 4.98 Å². The number of nitrogens with one attached hydrogen (secondary N) is 1. The number of pyridine rings is 1. The molecule has 0 saturated carbocycles. The minimum absolute atomic E-state index is 0.214. The highest BCUT2D eigenvalue weighted by molar-refractivity contribution is 6.09. The number of nitrogen functional groups attached to an aromatic ring is 1. The van der Waals surface area contributed by atoms with Crippen molar-refractivity contribution in [1.29, 1.82) is 0 Å². The van der Waals surface area contributed by atoms with Crippen molar-refractivity contribution in [3.8, 4) is 0 Å². The lowest BCUT2D eigenvalue weighted by molar-refractivity contribution is 0.258. The molecule has 0 aliphatic carbocycles. The third-order valence-electron chi connectivity index (χ3n) is 3.75. The number of nitrogens with two attached hydrogens (primary N) is 1. The van der Waals surface area contributed by atoms with Gasteiger partial charge in [0.15, 0.2) is 0 Å². The maximum Gasteiger partial charge on any atom is 0.326 e. The Balaban J connectivity index is 2.00. The number of nitrogens with zero attached hydrogens (tertiary/aromatic N) is 2. The summed E-state index contributed by atoms with van der Waals surface area (Å²) in [5.41, 5.74) is 9.75. The number of hydrogen-bond acceptors (Lipinski definition) is 3. The van der Waals surface area contributed by atoms with Crippen molar-refractivity contribution >= 4 is 34.0 Å². The molecule has 2 amide bonds. The molecule has 3 aromatic rings. The number of carbonyl (C=O) groups excluding carboxylic acids is 1. The van der Waals surface area contributed by atoms with Crippen LogP contribution in [0, 0.1) is 6.92 Å². The van der Waals surface area contributed by atoms with Gasteiger partial charge in [0.05, 0.1) is 16.9 Å². The van der Waals surface area contributed by atoms with E-state index in [-0.39, 0.29) is 6.03 Å². The number of amides is 2. The third-order valence-corrected chi connectivity index (χ3v) is 3.75. The molecular weight excluding hydrogens is 288 g/mol. The van der Waals surface area contributed by atoms with E-state index in [1.165, 1.54) is 0 Å². The van der Waals surface area contributed by atoms with E-state index in [4.69, 9.17) is 5.73 Å². The first kappa shape index (κ1) is 14.8. The molecule has 5 heteroatoms. The van der Waals surface area contributed by atoms with E-state index in [1.807, 2.05) is 49.4 Å². The number of carbonyl (C=O) groups is 1. The van der Waals surface area contributed by atoms with E-state index in [2.05, 4.69) is 10.3 Å². The monoisotopic (exact) mass is 306 g/mol. The van der Waals surface area contributed by atoms with Crippen LogP contribution in [0.1, 0.15) is 5.56 Å². The van der Waals surface area contributed by atoms with Crippen molar-refractivity contribution in [3.63, 3.8) is 0 Å². The van der Waals surface area contributed by atoms with Crippen LogP contribution in [0.5, 0.6) is 0 Å². The lowest BCUT2D eigenvalue weighted by Gasteiger charge is -2.22. The Morgan fingerprint density at radius 2 is 1.87 bits per heavy atom. The molecule has 0 aliphatic heterocycles. The van der Waals surface area contributed by atoms with E-state index >= 15 is 0 Å². The first-order chi connectivity index (χ1) is 11.1. The van der Waals surface area contributed by atoms with Crippen LogP contribution < -0.4 is 16.0 Å². The normalized spacial score (nSPS) is 10.5. The molecule has 0 fully saturated rings. The molecule has 1 heterocycles. The quantitative estimate of drug-likeness (QED) is 0.707. The second-order valence-corrected chi connectivity index (χ2v) is 5.39.